The number of carbonyl (C=O) groups excluding carboxylic acids is 1. The SMILES string of the molecule is C.O=C[N-]CCCc1nc(C(=O)O)cs1.[W].[Y]. The van der Waals surface area contributed by atoms with Gasteiger partial charge >= 0.3 is 5.97 Å². The van der Waals surface area contributed by atoms with Crippen molar-refractivity contribution < 1.29 is 68.5 Å². The fourth-order valence-corrected chi connectivity index (χ4v) is 1.71. The molecule has 0 aliphatic carbocycles. The van der Waals surface area contributed by atoms with E-state index in [1.165, 1.54) is 16.7 Å². The number of aryl methyl sites for hydroxylation is 1. The molecule has 0 aliphatic rings. The van der Waals surface area contributed by atoms with Crippen molar-refractivity contribution in [2.45, 2.75) is 20.3 Å². The average molecular weight is 502 g/mol. The Bertz CT molecular complexity index is 336. The number of hydrogen-bond acceptors (Lipinski definition) is 4. The Morgan fingerprint density at radius 1 is 1.59 bits per heavy atom. The Labute approximate surface area is 144 Å². The van der Waals surface area contributed by atoms with E-state index in [2.05, 4.69) is 10.3 Å². The average Bonchev–Trinajstić information content (AvgIpc) is 2.61. The Morgan fingerprint density at radius 2 is 2.24 bits per heavy atom. The van der Waals surface area contributed by atoms with Crippen LogP contribution in [0, 0.1) is 0 Å². The van der Waals surface area contributed by atoms with Gasteiger partial charge < -0.3 is 15.2 Å². The minimum absolute atomic E-state index is 0. The number of carboxylic acids is 1. The molecule has 17 heavy (non-hydrogen) atoms. The molecule has 0 aromatic carbocycles. The van der Waals surface area contributed by atoms with Crippen LogP contribution in [-0.4, -0.2) is 29.0 Å². The van der Waals surface area contributed by atoms with Crippen LogP contribution in [0.3, 0.4) is 0 Å². The number of aromatic nitrogens is 1. The summed E-state index contributed by atoms with van der Waals surface area (Å²) >= 11 is 1.31. The van der Waals surface area contributed by atoms with Gasteiger partial charge in [0.2, 0.25) is 0 Å². The zero-order valence-electron chi connectivity index (χ0n) is 8.33. The molecular weight excluding hydrogens is 489 g/mol. The molecule has 1 N–H and O–H groups in total. The van der Waals surface area contributed by atoms with Gasteiger partial charge in [-0.05, 0) is 6.42 Å². The predicted molar refractivity (Wildman–Crippen MR) is 58.4 cm³/mol. The molecule has 1 heterocycles. The molecule has 0 aliphatic heterocycles. The molecule has 0 unspecified atom stereocenters. The quantitative estimate of drug-likeness (QED) is 0.477. The van der Waals surface area contributed by atoms with Gasteiger partial charge in [-0.15, -0.1) is 17.9 Å². The van der Waals surface area contributed by atoms with E-state index in [4.69, 9.17) is 5.11 Å². The molecule has 8 heteroatoms. The molecule has 1 aromatic heterocycles. The van der Waals surface area contributed by atoms with Crippen LogP contribution in [0.25, 0.3) is 5.32 Å². The van der Waals surface area contributed by atoms with Crippen LogP contribution in [0.2, 0.25) is 0 Å². The van der Waals surface area contributed by atoms with Gasteiger partial charge in [0.05, 0.1) is 5.01 Å². The van der Waals surface area contributed by atoms with Crippen LogP contribution in [0.4, 0.5) is 0 Å². The monoisotopic (exact) mass is 502 g/mol. The van der Waals surface area contributed by atoms with Gasteiger partial charge in [-0.3, -0.25) is 0 Å². The maximum atomic E-state index is 10.5. The first-order chi connectivity index (χ1) is 6.74. The van der Waals surface area contributed by atoms with Crippen molar-refractivity contribution in [1.82, 2.24) is 4.98 Å². The fourth-order valence-electron chi connectivity index (χ4n) is 0.898. The first kappa shape index (κ1) is 22.5. The first-order valence-electron chi connectivity index (χ1n) is 4.02. The Morgan fingerprint density at radius 3 is 2.71 bits per heavy atom. The van der Waals surface area contributed by atoms with Crippen LogP contribution >= 0.6 is 11.3 Å². The van der Waals surface area contributed by atoms with Gasteiger partial charge in [0, 0.05) is 65.6 Å². The Hall–Kier alpha value is 0.362. The van der Waals surface area contributed by atoms with E-state index < -0.39 is 5.97 Å². The summed E-state index contributed by atoms with van der Waals surface area (Å²) in [7, 11) is 0. The van der Waals surface area contributed by atoms with Gasteiger partial charge in [0.1, 0.15) is 0 Å². The predicted octanol–water partition coefficient (Wildman–Crippen LogP) is 1.94. The summed E-state index contributed by atoms with van der Waals surface area (Å²) in [5.41, 5.74) is 0.0809. The van der Waals surface area contributed by atoms with Gasteiger partial charge in [0.25, 0.3) is 0 Å². The van der Waals surface area contributed by atoms with Crippen molar-refractivity contribution in [3.63, 3.8) is 0 Å². The van der Waals surface area contributed by atoms with E-state index >= 15 is 0 Å². The number of thiazole rings is 1. The van der Waals surface area contributed by atoms with Gasteiger partial charge in [-0.1, -0.05) is 13.8 Å². The molecule has 0 saturated heterocycles. The second-order valence-electron chi connectivity index (χ2n) is 2.55. The molecular formula is C9H13N2O3SWY-. The van der Waals surface area contributed by atoms with Crippen molar-refractivity contribution in [2.24, 2.45) is 0 Å². The van der Waals surface area contributed by atoms with E-state index in [9.17, 15) is 9.59 Å². The first-order valence-corrected chi connectivity index (χ1v) is 4.90. The molecule has 0 fully saturated rings. The van der Waals surface area contributed by atoms with Crippen molar-refractivity contribution in [2.75, 3.05) is 6.54 Å². The maximum absolute atomic E-state index is 10.5. The number of carboxylic acid groups (broad SMARTS) is 1. The Balaban J connectivity index is -0.000000653. The molecule has 0 atom stereocenters. The topological polar surface area (TPSA) is 81.4 Å². The standard InChI is InChI=1S/C8H10N2O3S.CH4.W.Y/c11-5-9-3-1-2-7-10-6(4-14-7)8(12)13;;;/h4-5H,1-3H2,(H2,9,11,12,13);1H4;;/p-1. The van der Waals surface area contributed by atoms with Crippen molar-refractivity contribution in [3.8, 4) is 0 Å². The fraction of sp³-hybridized carbons (Fsp3) is 0.444. The number of hydrogen-bond donors (Lipinski definition) is 1. The van der Waals surface area contributed by atoms with Crippen LogP contribution in [0.15, 0.2) is 5.38 Å². The molecule has 0 spiro atoms. The summed E-state index contributed by atoms with van der Waals surface area (Å²) in [4.78, 5) is 24.2. The number of nitrogens with zero attached hydrogens (tertiary/aromatic N) is 2. The van der Waals surface area contributed by atoms with Crippen LogP contribution < -0.4 is 0 Å². The van der Waals surface area contributed by atoms with E-state index in [0.29, 0.717) is 25.8 Å². The second-order valence-corrected chi connectivity index (χ2v) is 3.49. The van der Waals surface area contributed by atoms with Crippen LogP contribution in [0.5, 0.6) is 0 Å². The molecule has 5 nitrogen and oxygen atoms in total. The van der Waals surface area contributed by atoms with Crippen LogP contribution in [0.1, 0.15) is 29.3 Å². The van der Waals surface area contributed by atoms with E-state index in [1.54, 1.807) is 0 Å². The second kappa shape index (κ2) is 12.8. The minimum Gasteiger partial charge on any atom is -0.656 e. The number of carbonyl (C=O) groups is 2. The van der Waals surface area contributed by atoms with Gasteiger partial charge in [-0.25, -0.2) is 9.78 Å². The molecule has 1 aromatic rings. The summed E-state index contributed by atoms with van der Waals surface area (Å²) in [5, 5.41) is 14.4. The molecule has 0 saturated carbocycles. The molecule has 1 amide bonds. The summed E-state index contributed by atoms with van der Waals surface area (Å²) in [6, 6.07) is 0. The van der Waals surface area contributed by atoms with Crippen LogP contribution in [-0.2, 0) is 65.0 Å². The summed E-state index contributed by atoms with van der Waals surface area (Å²) in [5.74, 6) is -1.01. The number of aromatic carboxylic acids is 1. The molecule has 0 bridgehead atoms. The normalized spacial score (nSPS) is 8.00. The largest absolute Gasteiger partial charge is 0.656 e. The summed E-state index contributed by atoms with van der Waals surface area (Å²) in [6.07, 6.45) is 1.89. The van der Waals surface area contributed by atoms with Crippen molar-refractivity contribution in [3.05, 3.63) is 21.4 Å². The number of amides is 1. The Kier molecular flexibility index (Phi) is 17.0. The summed E-state index contributed by atoms with van der Waals surface area (Å²) < 4.78 is 0. The van der Waals surface area contributed by atoms with Gasteiger partial charge in [-0.2, -0.15) is 0 Å². The smallest absolute Gasteiger partial charge is 0.355 e. The zero-order valence-corrected chi connectivity index (χ0v) is 14.9. The molecule has 1 rings (SSSR count). The summed E-state index contributed by atoms with van der Waals surface area (Å²) in [6.45, 7) is 0.464. The number of rotatable bonds is 6. The van der Waals surface area contributed by atoms with E-state index in [1.807, 2.05) is 0 Å². The van der Waals surface area contributed by atoms with Gasteiger partial charge in [0.15, 0.2) is 5.69 Å². The maximum Gasteiger partial charge on any atom is 0.355 e. The van der Waals surface area contributed by atoms with Crippen molar-refractivity contribution in [1.29, 1.82) is 0 Å². The van der Waals surface area contributed by atoms with E-state index in [0.717, 1.165) is 5.01 Å². The molecule has 1 radical (unpaired) electrons. The third-order valence-corrected chi connectivity index (χ3v) is 2.43. The third-order valence-electron chi connectivity index (χ3n) is 1.52. The van der Waals surface area contributed by atoms with E-state index in [-0.39, 0.29) is 66.9 Å². The minimum atomic E-state index is -1.01. The van der Waals surface area contributed by atoms with Crippen molar-refractivity contribution >= 4 is 23.7 Å². The third kappa shape index (κ3) is 9.00. The zero-order chi connectivity index (χ0) is 10.4. The molecule has 93 valence electrons.